The highest BCUT2D eigenvalue weighted by Crippen LogP contribution is 2.26. The lowest BCUT2D eigenvalue weighted by atomic mass is 10.2. The molecule has 0 unspecified atom stereocenters. The van der Waals surface area contributed by atoms with Crippen LogP contribution < -0.4 is 10.5 Å². The van der Waals surface area contributed by atoms with E-state index in [1.807, 2.05) is 32.0 Å². The second kappa shape index (κ2) is 4.75. The Balaban J connectivity index is 2.10. The molecule has 4 heteroatoms. The van der Waals surface area contributed by atoms with E-state index in [0.717, 1.165) is 22.0 Å². The summed E-state index contributed by atoms with van der Waals surface area (Å²) in [6.07, 6.45) is 0. The van der Waals surface area contributed by atoms with Gasteiger partial charge in [-0.2, -0.15) is 0 Å². The average molecular weight is 248 g/mol. The van der Waals surface area contributed by atoms with Gasteiger partial charge in [-0.3, -0.25) is 0 Å². The molecule has 0 fully saturated rings. The molecule has 0 radical (unpaired) electrons. The van der Waals surface area contributed by atoms with Crippen molar-refractivity contribution in [1.82, 2.24) is 4.98 Å². The first-order valence-electron chi connectivity index (χ1n) is 5.48. The topological polar surface area (TPSA) is 48.1 Å². The van der Waals surface area contributed by atoms with Crippen LogP contribution in [0.25, 0.3) is 0 Å². The van der Waals surface area contributed by atoms with Crippen molar-refractivity contribution in [2.75, 3.05) is 5.73 Å². The molecule has 0 aliphatic carbocycles. The predicted molar refractivity (Wildman–Crippen MR) is 71.5 cm³/mol. The zero-order valence-corrected chi connectivity index (χ0v) is 11.1. The van der Waals surface area contributed by atoms with Gasteiger partial charge in [-0.05, 0) is 32.4 Å². The van der Waals surface area contributed by atoms with Gasteiger partial charge in [0.05, 0.1) is 11.4 Å². The number of nitrogens with two attached hydrogens (primary N) is 1. The number of rotatable bonds is 3. The Morgan fingerprint density at radius 2 is 2.06 bits per heavy atom. The van der Waals surface area contributed by atoms with E-state index < -0.39 is 0 Å². The van der Waals surface area contributed by atoms with Gasteiger partial charge in [-0.25, -0.2) is 4.98 Å². The van der Waals surface area contributed by atoms with Gasteiger partial charge in [-0.1, -0.05) is 12.1 Å². The number of aryl methyl sites for hydroxylation is 3. The molecule has 2 aromatic rings. The highest BCUT2D eigenvalue weighted by Gasteiger charge is 2.06. The zero-order valence-electron chi connectivity index (χ0n) is 10.3. The average Bonchev–Trinajstić information content (AvgIpc) is 2.61. The molecular weight excluding hydrogens is 232 g/mol. The predicted octanol–water partition coefficient (Wildman–Crippen LogP) is 3.23. The Morgan fingerprint density at radius 3 is 2.71 bits per heavy atom. The minimum absolute atomic E-state index is 0.479. The summed E-state index contributed by atoms with van der Waals surface area (Å²) in [5, 5.41) is 0.987. The number of nitrogen functional groups attached to an aromatic ring is 1. The summed E-state index contributed by atoms with van der Waals surface area (Å²) in [7, 11) is 0. The molecule has 3 nitrogen and oxygen atoms in total. The van der Waals surface area contributed by atoms with Crippen molar-refractivity contribution in [1.29, 1.82) is 0 Å². The summed E-state index contributed by atoms with van der Waals surface area (Å²) in [5.41, 5.74) is 8.76. The fourth-order valence-electron chi connectivity index (χ4n) is 1.52. The highest BCUT2D eigenvalue weighted by atomic mass is 32.1. The van der Waals surface area contributed by atoms with Gasteiger partial charge < -0.3 is 10.5 Å². The summed E-state index contributed by atoms with van der Waals surface area (Å²) in [6.45, 7) is 6.53. The van der Waals surface area contributed by atoms with Crippen LogP contribution in [0.1, 0.15) is 21.1 Å². The molecule has 1 heterocycles. The van der Waals surface area contributed by atoms with Crippen LogP contribution in [0.2, 0.25) is 0 Å². The molecule has 0 amide bonds. The number of ether oxygens (including phenoxy) is 1. The Bertz CT molecular complexity index is 515. The van der Waals surface area contributed by atoms with Crippen LogP contribution in [0.15, 0.2) is 18.2 Å². The molecule has 0 aliphatic heterocycles. The maximum Gasteiger partial charge on any atom is 0.143 e. The highest BCUT2D eigenvalue weighted by molar-refractivity contribution is 7.11. The van der Waals surface area contributed by atoms with Crippen molar-refractivity contribution < 1.29 is 4.74 Å². The fourth-order valence-corrected chi connectivity index (χ4v) is 2.37. The minimum atomic E-state index is 0.479. The Hall–Kier alpha value is -1.55. The lowest BCUT2D eigenvalue weighted by Crippen LogP contribution is -1.99. The van der Waals surface area contributed by atoms with Gasteiger partial charge >= 0.3 is 0 Å². The molecule has 0 saturated heterocycles. The van der Waals surface area contributed by atoms with Crippen molar-refractivity contribution >= 4 is 17.0 Å². The van der Waals surface area contributed by atoms with Crippen LogP contribution in [-0.4, -0.2) is 4.98 Å². The Labute approximate surface area is 105 Å². The van der Waals surface area contributed by atoms with E-state index in [1.54, 1.807) is 11.3 Å². The fraction of sp³-hybridized carbons (Fsp3) is 0.308. The summed E-state index contributed by atoms with van der Waals surface area (Å²) >= 11 is 1.67. The normalized spacial score (nSPS) is 10.5. The first-order valence-corrected chi connectivity index (χ1v) is 6.30. The van der Waals surface area contributed by atoms with Gasteiger partial charge in [0.15, 0.2) is 0 Å². The van der Waals surface area contributed by atoms with E-state index in [1.165, 1.54) is 4.88 Å². The summed E-state index contributed by atoms with van der Waals surface area (Å²) in [4.78, 5) is 5.67. The second-order valence-corrected chi connectivity index (χ2v) is 5.31. The molecule has 1 aromatic heterocycles. The summed E-state index contributed by atoms with van der Waals surface area (Å²) < 4.78 is 5.69. The van der Waals surface area contributed by atoms with Gasteiger partial charge in [0, 0.05) is 4.88 Å². The SMILES string of the molecule is Cc1cccc(OCc2nc(C)c(C)s2)c1N. The van der Waals surface area contributed by atoms with E-state index in [-0.39, 0.29) is 0 Å². The zero-order chi connectivity index (χ0) is 12.4. The van der Waals surface area contributed by atoms with Crippen LogP contribution >= 0.6 is 11.3 Å². The molecule has 1 aromatic carbocycles. The van der Waals surface area contributed by atoms with E-state index in [4.69, 9.17) is 10.5 Å². The first kappa shape index (κ1) is 11.9. The van der Waals surface area contributed by atoms with Crippen LogP contribution in [0.5, 0.6) is 5.75 Å². The Kier molecular flexibility index (Phi) is 3.33. The van der Waals surface area contributed by atoms with E-state index in [2.05, 4.69) is 11.9 Å². The molecule has 0 saturated carbocycles. The number of para-hydroxylation sites is 1. The number of aromatic nitrogens is 1. The Morgan fingerprint density at radius 1 is 1.29 bits per heavy atom. The first-order chi connectivity index (χ1) is 8.08. The number of hydrogen-bond donors (Lipinski definition) is 1. The number of hydrogen-bond acceptors (Lipinski definition) is 4. The standard InChI is InChI=1S/C13H16N2OS/c1-8-5-4-6-11(13(8)14)16-7-12-15-9(2)10(3)17-12/h4-6H,7,14H2,1-3H3. The van der Waals surface area contributed by atoms with Crippen molar-refractivity contribution in [2.45, 2.75) is 27.4 Å². The smallest absolute Gasteiger partial charge is 0.143 e. The van der Waals surface area contributed by atoms with Gasteiger partial charge in [0.1, 0.15) is 17.4 Å². The van der Waals surface area contributed by atoms with Gasteiger partial charge in [-0.15, -0.1) is 11.3 Å². The third kappa shape index (κ3) is 2.58. The molecule has 2 rings (SSSR count). The van der Waals surface area contributed by atoms with Crippen LogP contribution in [0, 0.1) is 20.8 Å². The summed E-state index contributed by atoms with van der Waals surface area (Å²) in [5.74, 6) is 0.732. The number of nitrogens with zero attached hydrogens (tertiary/aromatic N) is 1. The maximum absolute atomic E-state index is 5.94. The third-order valence-electron chi connectivity index (χ3n) is 2.71. The number of anilines is 1. The quantitative estimate of drug-likeness (QED) is 0.848. The van der Waals surface area contributed by atoms with Crippen LogP contribution in [0.4, 0.5) is 5.69 Å². The molecule has 90 valence electrons. The minimum Gasteiger partial charge on any atom is -0.484 e. The molecule has 2 N–H and O–H groups in total. The monoisotopic (exact) mass is 248 g/mol. The lowest BCUT2D eigenvalue weighted by molar-refractivity contribution is 0.307. The molecular formula is C13H16N2OS. The second-order valence-electron chi connectivity index (χ2n) is 4.02. The van der Waals surface area contributed by atoms with Gasteiger partial charge in [0.2, 0.25) is 0 Å². The van der Waals surface area contributed by atoms with E-state index >= 15 is 0 Å². The molecule has 17 heavy (non-hydrogen) atoms. The van der Waals surface area contributed by atoms with Crippen molar-refractivity contribution in [3.63, 3.8) is 0 Å². The maximum atomic E-state index is 5.94. The van der Waals surface area contributed by atoms with Crippen molar-refractivity contribution in [3.8, 4) is 5.75 Å². The van der Waals surface area contributed by atoms with Crippen molar-refractivity contribution in [2.24, 2.45) is 0 Å². The number of benzene rings is 1. The van der Waals surface area contributed by atoms with Crippen molar-refractivity contribution in [3.05, 3.63) is 39.3 Å². The van der Waals surface area contributed by atoms with E-state index in [0.29, 0.717) is 12.3 Å². The largest absolute Gasteiger partial charge is 0.484 e. The van der Waals surface area contributed by atoms with Crippen LogP contribution in [0.3, 0.4) is 0 Å². The lowest BCUT2D eigenvalue weighted by Gasteiger charge is -2.08. The van der Waals surface area contributed by atoms with Crippen LogP contribution in [-0.2, 0) is 6.61 Å². The molecule has 0 spiro atoms. The summed E-state index contributed by atoms with van der Waals surface area (Å²) in [6, 6.07) is 5.80. The van der Waals surface area contributed by atoms with E-state index in [9.17, 15) is 0 Å². The third-order valence-corrected chi connectivity index (χ3v) is 3.75. The van der Waals surface area contributed by atoms with Gasteiger partial charge in [0.25, 0.3) is 0 Å². The number of thiazole rings is 1. The molecule has 0 atom stereocenters. The molecule has 0 bridgehead atoms. The molecule has 0 aliphatic rings.